The second kappa shape index (κ2) is 9.04. The largest absolute Gasteiger partial charge is 0.354 e. The van der Waals surface area contributed by atoms with Crippen LogP contribution in [0.1, 0.15) is 43.4 Å². The molecule has 0 radical (unpaired) electrons. The van der Waals surface area contributed by atoms with Gasteiger partial charge < -0.3 is 10.6 Å². The quantitative estimate of drug-likeness (QED) is 0.418. The van der Waals surface area contributed by atoms with E-state index in [9.17, 15) is 0 Å². The van der Waals surface area contributed by atoms with E-state index in [-0.39, 0.29) is 24.0 Å². The summed E-state index contributed by atoms with van der Waals surface area (Å²) in [7, 11) is 1.86. The van der Waals surface area contributed by atoms with Crippen molar-refractivity contribution in [3.63, 3.8) is 0 Å². The van der Waals surface area contributed by atoms with Crippen molar-refractivity contribution < 1.29 is 0 Å². The molecule has 1 saturated heterocycles. The highest BCUT2D eigenvalue weighted by Gasteiger charge is 2.33. The third-order valence-electron chi connectivity index (χ3n) is 5.16. The minimum atomic E-state index is 0. The van der Waals surface area contributed by atoms with Gasteiger partial charge in [-0.15, -0.1) is 24.0 Å². The SMILES string of the molecule is CN=C(NCC(c1ccc(C)cc1)N1CCCC1)NC1CC1C.I. The highest BCUT2D eigenvalue weighted by molar-refractivity contribution is 14.0. The molecule has 1 aliphatic heterocycles. The lowest BCUT2D eigenvalue weighted by molar-refractivity contribution is 0.245. The Labute approximate surface area is 163 Å². The first kappa shape index (κ1) is 19.5. The molecule has 1 aromatic rings. The Hall–Kier alpha value is -0.820. The summed E-state index contributed by atoms with van der Waals surface area (Å²) in [5.74, 6) is 1.72. The van der Waals surface area contributed by atoms with Crippen LogP contribution in [0.25, 0.3) is 0 Å². The average molecular weight is 442 g/mol. The lowest BCUT2D eigenvalue weighted by Crippen LogP contribution is -2.43. The number of nitrogens with zero attached hydrogens (tertiary/aromatic N) is 2. The summed E-state index contributed by atoms with van der Waals surface area (Å²) in [5, 5.41) is 7.07. The molecule has 2 N–H and O–H groups in total. The van der Waals surface area contributed by atoms with Crippen molar-refractivity contribution in [2.75, 3.05) is 26.7 Å². The highest BCUT2D eigenvalue weighted by atomic mass is 127. The van der Waals surface area contributed by atoms with Crippen LogP contribution < -0.4 is 10.6 Å². The minimum absolute atomic E-state index is 0. The summed E-state index contributed by atoms with van der Waals surface area (Å²) < 4.78 is 0. The van der Waals surface area contributed by atoms with Crippen LogP contribution in [0.2, 0.25) is 0 Å². The zero-order valence-electron chi connectivity index (χ0n) is 15.1. The molecule has 134 valence electrons. The summed E-state index contributed by atoms with van der Waals surface area (Å²) in [6.45, 7) is 7.74. The van der Waals surface area contributed by atoms with E-state index in [1.54, 1.807) is 0 Å². The number of hydrogen-bond acceptors (Lipinski definition) is 2. The molecule has 1 saturated carbocycles. The van der Waals surface area contributed by atoms with Crippen LogP contribution in [0.4, 0.5) is 0 Å². The van der Waals surface area contributed by atoms with Gasteiger partial charge in [0.1, 0.15) is 0 Å². The maximum absolute atomic E-state index is 4.38. The van der Waals surface area contributed by atoms with Crippen molar-refractivity contribution in [2.45, 2.75) is 45.2 Å². The van der Waals surface area contributed by atoms with Gasteiger partial charge in [-0.3, -0.25) is 9.89 Å². The standard InChI is InChI=1S/C19H30N4.HI/c1-14-6-8-16(9-7-14)18(23-10-4-5-11-23)13-21-19(20-3)22-17-12-15(17)2;/h6-9,15,17-18H,4-5,10-13H2,1-3H3,(H2,20,21,22);1H. The van der Waals surface area contributed by atoms with Gasteiger partial charge in [-0.2, -0.15) is 0 Å². The van der Waals surface area contributed by atoms with Gasteiger partial charge in [0.15, 0.2) is 5.96 Å². The number of rotatable bonds is 5. The third kappa shape index (κ3) is 5.09. The van der Waals surface area contributed by atoms with E-state index < -0.39 is 0 Å². The Kier molecular flexibility index (Phi) is 7.34. The molecule has 24 heavy (non-hydrogen) atoms. The molecule has 1 heterocycles. The van der Waals surface area contributed by atoms with Gasteiger partial charge in [0.25, 0.3) is 0 Å². The molecule has 3 atom stereocenters. The first-order chi connectivity index (χ1) is 11.2. The molecule has 2 fully saturated rings. The summed E-state index contributed by atoms with van der Waals surface area (Å²) >= 11 is 0. The van der Waals surface area contributed by atoms with Crippen molar-refractivity contribution in [3.05, 3.63) is 35.4 Å². The molecule has 0 aromatic heterocycles. The molecule has 4 nitrogen and oxygen atoms in total. The summed E-state index contributed by atoms with van der Waals surface area (Å²) in [6.07, 6.45) is 3.89. The van der Waals surface area contributed by atoms with Crippen molar-refractivity contribution in [1.29, 1.82) is 0 Å². The summed E-state index contributed by atoms with van der Waals surface area (Å²) in [5.41, 5.74) is 2.72. The van der Waals surface area contributed by atoms with Gasteiger partial charge in [-0.1, -0.05) is 36.8 Å². The third-order valence-corrected chi connectivity index (χ3v) is 5.16. The van der Waals surface area contributed by atoms with E-state index in [4.69, 9.17) is 0 Å². The Morgan fingerprint density at radius 3 is 2.42 bits per heavy atom. The number of guanidine groups is 1. The summed E-state index contributed by atoms with van der Waals surface area (Å²) in [4.78, 5) is 6.99. The molecular formula is C19H31IN4. The highest BCUT2D eigenvalue weighted by Crippen LogP contribution is 2.29. The number of halogens is 1. The van der Waals surface area contributed by atoms with Crippen LogP contribution >= 0.6 is 24.0 Å². The molecule has 1 aliphatic carbocycles. The predicted octanol–water partition coefficient (Wildman–Crippen LogP) is 3.32. The zero-order valence-corrected chi connectivity index (χ0v) is 17.4. The van der Waals surface area contributed by atoms with Gasteiger partial charge >= 0.3 is 0 Å². The van der Waals surface area contributed by atoms with Gasteiger partial charge in [0.2, 0.25) is 0 Å². The lowest BCUT2D eigenvalue weighted by Gasteiger charge is -2.29. The van der Waals surface area contributed by atoms with Crippen LogP contribution in [0.15, 0.2) is 29.3 Å². The smallest absolute Gasteiger partial charge is 0.191 e. The second-order valence-corrected chi connectivity index (χ2v) is 7.09. The predicted molar refractivity (Wildman–Crippen MR) is 112 cm³/mol. The van der Waals surface area contributed by atoms with Crippen LogP contribution in [-0.4, -0.2) is 43.6 Å². The average Bonchev–Trinajstić information content (AvgIpc) is 3.02. The zero-order chi connectivity index (χ0) is 16.2. The first-order valence-electron chi connectivity index (χ1n) is 8.95. The normalized spacial score (nSPS) is 25.0. The fraction of sp³-hybridized carbons (Fsp3) is 0.632. The topological polar surface area (TPSA) is 39.7 Å². The minimum Gasteiger partial charge on any atom is -0.354 e. The number of hydrogen-bond donors (Lipinski definition) is 2. The number of aryl methyl sites for hydroxylation is 1. The van der Waals surface area contributed by atoms with Crippen molar-refractivity contribution >= 4 is 29.9 Å². The maximum Gasteiger partial charge on any atom is 0.191 e. The van der Waals surface area contributed by atoms with E-state index in [0.717, 1.165) is 18.4 Å². The Morgan fingerprint density at radius 2 is 1.88 bits per heavy atom. The fourth-order valence-corrected chi connectivity index (χ4v) is 3.39. The van der Waals surface area contributed by atoms with Crippen LogP contribution in [0, 0.1) is 12.8 Å². The Balaban J connectivity index is 0.00000208. The Morgan fingerprint density at radius 1 is 1.25 bits per heavy atom. The molecule has 3 rings (SSSR count). The van der Waals surface area contributed by atoms with E-state index in [1.165, 1.54) is 43.5 Å². The van der Waals surface area contributed by atoms with Crippen LogP contribution in [-0.2, 0) is 0 Å². The maximum atomic E-state index is 4.38. The molecule has 0 amide bonds. The molecule has 0 spiro atoms. The van der Waals surface area contributed by atoms with E-state index >= 15 is 0 Å². The van der Waals surface area contributed by atoms with Crippen LogP contribution in [0.3, 0.4) is 0 Å². The molecule has 2 aliphatic rings. The van der Waals surface area contributed by atoms with Crippen molar-refractivity contribution in [1.82, 2.24) is 15.5 Å². The summed E-state index contributed by atoms with van der Waals surface area (Å²) in [6, 6.07) is 10.0. The van der Waals surface area contributed by atoms with Gasteiger partial charge in [0.05, 0.1) is 6.04 Å². The Bertz CT molecular complexity index is 537. The monoisotopic (exact) mass is 442 g/mol. The van der Waals surface area contributed by atoms with Gasteiger partial charge in [-0.25, -0.2) is 0 Å². The van der Waals surface area contributed by atoms with Crippen molar-refractivity contribution in [3.8, 4) is 0 Å². The van der Waals surface area contributed by atoms with Gasteiger partial charge in [0, 0.05) is 19.6 Å². The number of benzene rings is 1. The first-order valence-corrected chi connectivity index (χ1v) is 8.95. The number of likely N-dealkylation sites (tertiary alicyclic amines) is 1. The second-order valence-electron chi connectivity index (χ2n) is 7.09. The fourth-order valence-electron chi connectivity index (χ4n) is 3.39. The van der Waals surface area contributed by atoms with E-state index in [1.807, 2.05) is 7.05 Å². The molecule has 0 bridgehead atoms. The van der Waals surface area contributed by atoms with Crippen LogP contribution in [0.5, 0.6) is 0 Å². The van der Waals surface area contributed by atoms with E-state index in [2.05, 4.69) is 58.6 Å². The van der Waals surface area contributed by atoms with Gasteiger partial charge in [-0.05, 0) is 50.8 Å². The number of nitrogens with one attached hydrogen (secondary N) is 2. The van der Waals surface area contributed by atoms with E-state index in [0.29, 0.717) is 12.1 Å². The molecule has 5 heteroatoms. The molecule has 3 unspecified atom stereocenters. The number of aliphatic imine (C=N–C) groups is 1. The molecular weight excluding hydrogens is 411 g/mol. The lowest BCUT2D eigenvalue weighted by atomic mass is 10.0. The molecule has 1 aromatic carbocycles. The van der Waals surface area contributed by atoms with Crippen molar-refractivity contribution in [2.24, 2.45) is 10.9 Å².